The summed E-state index contributed by atoms with van der Waals surface area (Å²) in [5.41, 5.74) is -0.574. The standard InChI is InChI=1S/C12H23BO4S/c1-4-6-7-15-8-12(5-2)10(17-18)9(14-3)11(13)16-12/h9-11,18H,4-8H2,1-3H3/t9-,10?,11+,12+/m0/s1. The van der Waals surface area contributed by atoms with Crippen LogP contribution in [0.4, 0.5) is 0 Å². The molecule has 4 nitrogen and oxygen atoms in total. The predicted molar refractivity (Wildman–Crippen MR) is 74.0 cm³/mol. The molecule has 2 radical (unpaired) electrons. The minimum absolute atomic E-state index is 0.322. The van der Waals surface area contributed by atoms with Crippen molar-refractivity contribution in [3.8, 4) is 0 Å². The number of unbranched alkanes of at least 4 members (excludes halogenated alkanes) is 1. The van der Waals surface area contributed by atoms with Crippen LogP contribution < -0.4 is 0 Å². The van der Waals surface area contributed by atoms with E-state index in [1.54, 1.807) is 7.11 Å². The summed E-state index contributed by atoms with van der Waals surface area (Å²) in [6.45, 7) is 5.31. The predicted octanol–water partition coefficient (Wildman–Crippen LogP) is 1.72. The fourth-order valence-electron chi connectivity index (χ4n) is 2.28. The molecular formula is C12H23BO4S. The van der Waals surface area contributed by atoms with Gasteiger partial charge in [-0.15, -0.1) is 0 Å². The maximum atomic E-state index is 5.92. The lowest BCUT2D eigenvalue weighted by Crippen LogP contribution is -2.47. The number of ether oxygens (including phenoxy) is 3. The van der Waals surface area contributed by atoms with Crippen molar-refractivity contribution < 1.29 is 18.4 Å². The van der Waals surface area contributed by atoms with E-state index in [2.05, 4.69) is 19.8 Å². The molecule has 0 aromatic carbocycles. The molecule has 4 atom stereocenters. The smallest absolute Gasteiger partial charge is 0.131 e. The fraction of sp³-hybridized carbons (Fsp3) is 1.00. The molecule has 0 bridgehead atoms. The summed E-state index contributed by atoms with van der Waals surface area (Å²) < 4.78 is 22.1. The molecule has 104 valence electrons. The Hall–Kier alpha value is 0.255. The normalized spacial score (nSPS) is 36.1. The van der Waals surface area contributed by atoms with Crippen molar-refractivity contribution in [3.63, 3.8) is 0 Å². The van der Waals surface area contributed by atoms with Crippen LogP contribution in [0.2, 0.25) is 0 Å². The lowest BCUT2D eigenvalue weighted by atomic mass is 9.88. The summed E-state index contributed by atoms with van der Waals surface area (Å²) in [6, 6.07) is -0.512. The molecule has 1 aliphatic rings. The van der Waals surface area contributed by atoms with Crippen LogP contribution in [-0.2, 0) is 18.4 Å². The molecule has 1 heterocycles. The van der Waals surface area contributed by atoms with Gasteiger partial charge in [0.15, 0.2) is 0 Å². The Kier molecular flexibility index (Phi) is 7.02. The molecule has 0 aliphatic carbocycles. The van der Waals surface area contributed by atoms with Crippen LogP contribution in [0.1, 0.15) is 33.1 Å². The van der Waals surface area contributed by atoms with E-state index in [1.807, 2.05) is 6.92 Å². The first kappa shape index (κ1) is 16.3. The number of thiol groups is 1. The molecule has 0 spiro atoms. The van der Waals surface area contributed by atoms with E-state index >= 15 is 0 Å². The van der Waals surface area contributed by atoms with E-state index < -0.39 is 11.6 Å². The average molecular weight is 274 g/mol. The fourth-order valence-corrected chi connectivity index (χ4v) is 2.60. The van der Waals surface area contributed by atoms with Crippen molar-refractivity contribution in [3.05, 3.63) is 0 Å². The van der Waals surface area contributed by atoms with E-state index in [-0.39, 0.29) is 12.2 Å². The van der Waals surface area contributed by atoms with Gasteiger partial charge >= 0.3 is 0 Å². The minimum atomic E-state index is -0.574. The summed E-state index contributed by atoms with van der Waals surface area (Å²) >= 11 is 3.93. The van der Waals surface area contributed by atoms with Crippen molar-refractivity contribution in [2.45, 2.75) is 56.9 Å². The second-order valence-corrected chi connectivity index (χ2v) is 4.84. The molecule has 0 saturated carbocycles. The summed E-state index contributed by atoms with van der Waals surface area (Å²) in [5, 5.41) is 0. The molecule has 1 rings (SSSR count). The van der Waals surface area contributed by atoms with E-state index in [9.17, 15) is 0 Å². The van der Waals surface area contributed by atoms with Crippen LogP contribution in [0.25, 0.3) is 0 Å². The third-order valence-electron chi connectivity index (χ3n) is 3.48. The Morgan fingerprint density at radius 1 is 1.39 bits per heavy atom. The van der Waals surface area contributed by atoms with Gasteiger partial charge in [0.05, 0.1) is 6.61 Å². The topological polar surface area (TPSA) is 36.9 Å². The maximum Gasteiger partial charge on any atom is 0.131 e. The Morgan fingerprint density at radius 2 is 2.11 bits per heavy atom. The third kappa shape index (κ3) is 3.42. The van der Waals surface area contributed by atoms with Gasteiger partial charge < -0.3 is 18.4 Å². The van der Waals surface area contributed by atoms with Gasteiger partial charge in [-0.1, -0.05) is 20.3 Å². The maximum absolute atomic E-state index is 5.92. The molecule has 0 aromatic rings. The van der Waals surface area contributed by atoms with E-state index in [0.29, 0.717) is 13.2 Å². The quantitative estimate of drug-likeness (QED) is 0.316. The molecule has 18 heavy (non-hydrogen) atoms. The zero-order valence-corrected chi connectivity index (χ0v) is 12.3. The average Bonchev–Trinajstić information content (AvgIpc) is 2.66. The highest BCUT2D eigenvalue weighted by molar-refractivity contribution is 7.75. The van der Waals surface area contributed by atoms with Crippen molar-refractivity contribution in [2.24, 2.45) is 0 Å². The van der Waals surface area contributed by atoms with Gasteiger partial charge in [0.1, 0.15) is 25.7 Å². The van der Waals surface area contributed by atoms with E-state index in [4.69, 9.17) is 26.2 Å². The van der Waals surface area contributed by atoms with Crippen molar-refractivity contribution >= 4 is 20.8 Å². The molecule has 6 heteroatoms. The second kappa shape index (κ2) is 7.75. The SMILES string of the molecule is [B][C@@H]1O[C@](CC)(COCCCC)C(OS)[C@@H]1OC. The Morgan fingerprint density at radius 3 is 2.61 bits per heavy atom. The molecule has 1 unspecified atom stereocenters. The number of hydrogen-bond acceptors (Lipinski definition) is 5. The molecule has 0 amide bonds. The van der Waals surface area contributed by atoms with E-state index in [0.717, 1.165) is 19.3 Å². The van der Waals surface area contributed by atoms with Gasteiger partial charge in [-0.25, -0.2) is 0 Å². The van der Waals surface area contributed by atoms with Crippen LogP contribution >= 0.6 is 12.9 Å². The van der Waals surface area contributed by atoms with Crippen LogP contribution in [0.3, 0.4) is 0 Å². The summed E-state index contributed by atoms with van der Waals surface area (Å²) in [5.74, 6) is 0. The second-order valence-electron chi connectivity index (χ2n) is 4.63. The largest absolute Gasteiger partial charge is 0.378 e. The summed E-state index contributed by atoms with van der Waals surface area (Å²) in [6.07, 6.45) is 2.22. The number of rotatable bonds is 8. The van der Waals surface area contributed by atoms with Crippen molar-refractivity contribution in [2.75, 3.05) is 20.3 Å². The van der Waals surface area contributed by atoms with Crippen LogP contribution in [0, 0.1) is 0 Å². The molecular weight excluding hydrogens is 251 g/mol. The van der Waals surface area contributed by atoms with Crippen molar-refractivity contribution in [1.29, 1.82) is 0 Å². The summed E-state index contributed by atoms with van der Waals surface area (Å²) in [4.78, 5) is 0. The lowest BCUT2D eigenvalue weighted by Gasteiger charge is -2.32. The summed E-state index contributed by atoms with van der Waals surface area (Å²) in [7, 11) is 7.51. The van der Waals surface area contributed by atoms with Crippen LogP contribution in [0.5, 0.6) is 0 Å². The molecule has 1 aliphatic heterocycles. The molecule has 0 N–H and O–H groups in total. The third-order valence-corrected chi connectivity index (χ3v) is 3.71. The highest BCUT2D eigenvalue weighted by Crippen LogP contribution is 2.37. The monoisotopic (exact) mass is 274 g/mol. The van der Waals surface area contributed by atoms with Gasteiger partial charge in [-0.2, -0.15) is 0 Å². The molecule has 1 fully saturated rings. The first-order chi connectivity index (χ1) is 8.65. The Bertz CT molecular complexity index is 244. The lowest BCUT2D eigenvalue weighted by molar-refractivity contribution is -0.108. The minimum Gasteiger partial charge on any atom is -0.378 e. The van der Waals surface area contributed by atoms with E-state index in [1.165, 1.54) is 0 Å². The zero-order chi connectivity index (χ0) is 13.6. The molecule has 0 aromatic heterocycles. The van der Waals surface area contributed by atoms with Crippen molar-refractivity contribution in [1.82, 2.24) is 0 Å². The Labute approximate surface area is 117 Å². The van der Waals surface area contributed by atoms with Gasteiger partial charge in [0.2, 0.25) is 0 Å². The van der Waals surface area contributed by atoms with Crippen LogP contribution in [0.15, 0.2) is 0 Å². The van der Waals surface area contributed by atoms with Gasteiger partial charge in [0.25, 0.3) is 0 Å². The first-order valence-electron chi connectivity index (χ1n) is 6.49. The highest BCUT2D eigenvalue weighted by Gasteiger charge is 2.53. The van der Waals surface area contributed by atoms with Crippen LogP contribution in [-0.4, -0.2) is 52.0 Å². The number of methoxy groups -OCH3 is 1. The first-order valence-corrected chi connectivity index (χ1v) is 6.85. The zero-order valence-electron chi connectivity index (χ0n) is 11.4. The number of hydrogen-bond donors (Lipinski definition) is 1. The van der Waals surface area contributed by atoms with Gasteiger partial charge in [-0.05, 0) is 25.8 Å². The highest BCUT2D eigenvalue weighted by atomic mass is 32.1. The van der Waals surface area contributed by atoms with Gasteiger partial charge in [0, 0.05) is 19.7 Å². The molecule has 1 saturated heterocycles. The van der Waals surface area contributed by atoms with Gasteiger partial charge in [-0.3, -0.25) is 0 Å². The Balaban J connectivity index is 2.66.